The van der Waals surface area contributed by atoms with Crippen molar-refractivity contribution in [2.45, 2.75) is 25.4 Å². The third kappa shape index (κ3) is 3.24. The Balaban J connectivity index is 1.94. The van der Waals surface area contributed by atoms with Gasteiger partial charge in [-0.15, -0.1) is 0 Å². The molecule has 1 aliphatic heterocycles. The normalized spacial score (nSPS) is 16.7. The number of benzene rings is 1. The van der Waals surface area contributed by atoms with Crippen molar-refractivity contribution in [1.29, 1.82) is 0 Å². The first kappa shape index (κ1) is 12.9. The maximum absolute atomic E-state index is 13.6. The second kappa shape index (κ2) is 5.88. The second-order valence-corrected chi connectivity index (χ2v) is 4.44. The molecule has 0 atom stereocenters. The fourth-order valence-electron chi connectivity index (χ4n) is 2.07. The van der Waals surface area contributed by atoms with Crippen LogP contribution in [0, 0.1) is 15.9 Å². The summed E-state index contributed by atoms with van der Waals surface area (Å²) >= 11 is 0. The Morgan fingerprint density at radius 1 is 1.44 bits per heavy atom. The first-order valence-electron chi connectivity index (χ1n) is 6.04. The Kier molecular flexibility index (Phi) is 4.22. The topological polar surface area (TPSA) is 67.2 Å². The van der Waals surface area contributed by atoms with Gasteiger partial charge in [0.05, 0.1) is 11.0 Å². The molecule has 1 heterocycles. The first-order valence-corrected chi connectivity index (χ1v) is 6.04. The van der Waals surface area contributed by atoms with Gasteiger partial charge in [0.25, 0.3) is 5.69 Å². The van der Waals surface area contributed by atoms with Crippen LogP contribution in [0.1, 0.15) is 18.4 Å². The minimum Gasteiger partial charge on any atom is -0.317 e. The molecule has 0 unspecified atom stereocenters. The van der Waals surface area contributed by atoms with Gasteiger partial charge in [-0.25, -0.2) is 4.39 Å². The van der Waals surface area contributed by atoms with E-state index in [4.69, 9.17) is 0 Å². The molecule has 2 N–H and O–H groups in total. The summed E-state index contributed by atoms with van der Waals surface area (Å²) in [5, 5.41) is 17.0. The Morgan fingerprint density at radius 3 is 2.78 bits per heavy atom. The van der Waals surface area contributed by atoms with E-state index in [1.165, 1.54) is 12.1 Å². The van der Waals surface area contributed by atoms with Crippen LogP contribution in [0.2, 0.25) is 0 Å². The van der Waals surface area contributed by atoms with Crippen LogP contribution in [0.3, 0.4) is 0 Å². The number of nitro benzene ring substituents is 1. The number of halogens is 1. The lowest BCUT2D eigenvalue weighted by atomic mass is 10.1. The summed E-state index contributed by atoms with van der Waals surface area (Å²) in [6, 6.07) is 4.17. The standard InChI is InChI=1S/C12H16FN3O2/c13-12-7-11(16(17)18)2-1-9(12)8-15-10-3-5-14-6-4-10/h1-2,7,10,14-15H,3-6,8H2. The highest BCUT2D eigenvalue weighted by Crippen LogP contribution is 2.16. The van der Waals surface area contributed by atoms with Crippen molar-refractivity contribution >= 4 is 5.69 Å². The maximum atomic E-state index is 13.6. The highest BCUT2D eigenvalue weighted by Gasteiger charge is 2.14. The fourth-order valence-corrected chi connectivity index (χ4v) is 2.07. The lowest BCUT2D eigenvalue weighted by Crippen LogP contribution is -2.39. The van der Waals surface area contributed by atoms with Gasteiger partial charge < -0.3 is 10.6 Å². The van der Waals surface area contributed by atoms with E-state index in [1.54, 1.807) is 0 Å². The molecule has 1 aromatic carbocycles. The van der Waals surface area contributed by atoms with Gasteiger partial charge in [-0.3, -0.25) is 10.1 Å². The van der Waals surface area contributed by atoms with Gasteiger partial charge in [0.15, 0.2) is 0 Å². The lowest BCUT2D eigenvalue weighted by molar-refractivity contribution is -0.385. The average molecular weight is 253 g/mol. The smallest absolute Gasteiger partial charge is 0.272 e. The van der Waals surface area contributed by atoms with Gasteiger partial charge >= 0.3 is 0 Å². The van der Waals surface area contributed by atoms with Crippen molar-refractivity contribution in [2.75, 3.05) is 13.1 Å². The van der Waals surface area contributed by atoms with Crippen molar-refractivity contribution < 1.29 is 9.31 Å². The van der Waals surface area contributed by atoms with Gasteiger partial charge in [0.1, 0.15) is 5.82 Å². The van der Waals surface area contributed by atoms with Gasteiger partial charge in [0.2, 0.25) is 0 Å². The van der Waals surface area contributed by atoms with Crippen molar-refractivity contribution in [3.63, 3.8) is 0 Å². The lowest BCUT2D eigenvalue weighted by Gasteiger charge is -2.23. The van der Waals surface area contributed by atoms with Crippen molar-refractivity contribution in [2.24, 2.45) is 0 Å². The van der Waals surface area contributed by atoms with Crippen LogP contribution in [0.5, 0.6) is 0 Å². The molecule has 0 saturated carbocycles. The van der Waals surface area contributed by atoms with Crippen LogP contribution < -0.4 is 10.6 Å². The SMILES string of the molecule is O=[N+]([O-])c1ccc(CNC2CCNCC2)c(F)c1. The predicted molar refractivity (Wildman–Crippen MR) is 65.8 cm³/mol. The summed E-state index contributed by atoms with van der Waals surface area (Å²) in [6.07, 6.45) is 2.04. The first-order chi connectivity index (χ1) is 8.66. The van der Waals surface area contributed by atoms with E-state index < -0.39 is 10.7 Å². The van der Waals surface area contributed by atoms with E-state index in [-0.39, 0.29) is 5.69 Å². The van der Waals surface area contributed by atoms with Gasteiger partial charge in [-0.1, -0.05) is 0 Å². The molecule has 1 saturated heterocycles. The summed E-state index contributed by atoms with van der Waals surface area (Å²) in [5.74, 6) is -0.523. The van der Waals surface area contributed by atoms with E-state index in [9.17, 15) is 14.5 Å². The largest absolute Gasteiger partial charge is 0.317 e. The second-order valence-electron chi connectivity index (χ2n) is 4.44. The molecule has 0 aromatic heterocycles. The zero-order valence-corrected chi connectivity index (χ0v) is 9.99. The Bertz CT molecular complexity index is 433. The van der Waals surface area contributed by atoms with Gasteiger partial charge in [0, 0.05) is 24.2 Å². The zero-order valence-electron chi connectivity index (χ0n) is 9.99. The molecule has 6 heteroatoms. The number of non-ortho nitro benzene ring substituents is 1. The number of piperidine rings is 1. The molecule has 0 amide bonds. The average Bonchev–Trinajstić information content (AvgIpc) is 2.38. The molecule has 0 radical (unpaired) electrons. The molecule has 98 valence electrons. The molecular formula is C12H16FN3O2. The fraction of sp³-hybridized carbons (Fsp3) is 0.500. The molecule has 1 aliphatic rings. The van der Waals surface area contributed by atoms with E-state index in [2.05, 4.69) is 10.6 Å². The van der Waals surface area contributed by atoms with E-state index in [0.717, 1.165) is 32.0 Å². The molecule has 0 aliphatic carbocycles. The van der Waals surface area contributed by atoms with Crippen molar-refractivity contribution in [3.05, 3.63) is 39.7 Å². The molecule has 1 aromatic rings. The zero-order chi connectivity index (χ0) is 13.0. The third-order valence-electron chi connectivity index (χ3n) is 3.17. The quantitative estimate of drug-likeness (QED) is 0.631. The molecule has 5 nitrogen and oxygen atoms in total. The molecule has 1 fully saturated rings. The number of nitrogens with one attached hydrogen (secondary N) is 2. The van der Waals surface area contributed by atoms with Gasteiger partial charge in [-0.2, -0.15) is 0 Å². The number of nitro groups is 1. The summed E-state index contributed by atoms with van der Waals surface area (Å²) in [7, 11) is 0. The maximum Gasteiger partial charge on any atom is 0.272 e. The molecule has 18 heavy (non-hydrogen) atoms. The van der Waals surface area contributed by atoms with Crippen LogP contribution in [-0.4, -0.2) is 24.1 Å². The Hall–Kier alpha value is -1.53. The summed E-state index contributed by atoms with van der Waals surface area (Å²) in [4.78, 5) is 9.90. The van der Waals surface area contributed by atoms with Crippen LogP contribution >= 0.6 is 0 Å². The number of hydrogen-bond donors (Lipinski definition) is 2. The summed E-state index contributed by atoms with van der Waals surface area (Å²) < 4.78 is 13.6. The number of nitrogens with zero attached hydrogens (tertiary/aromatic N) is 1. The molecular weight excluding hydrogens is 237 g/mol. The van der Waals surface area contributed by atoms with E-state index in [1.807, 2.05) is 0 Å². The Morgan fingerprint density at radius 2 is 2.17 bits per heavy atom. The van der Waals surface area contributed by atoms with Crippen molar-refractivity contribution in [3.8, 4) is 0 Å². The minimum absolute atomic E-state index is 0.210. The summed E-state index contributed by atoms with van der Waals surface area (Å²) in [5.41, 5.74) is 0.261. The third-order valence-corrected chi connectivity index (χ3v) is 3.17. The van der Waals surface area contributed by atoms with Crippen LogP contribution in [0.15, 0.2) is 18.2 Å². The van der Waals surface area contributed by atoms with Crippen molar-refractivity contribution in [1.82, 2.24) is 10.6 Å². The highest BCUT2D eigenvalue weighted by atomic mass is 19.1. The van der Waals surface area contributed by atoms with Crippen LogP contribution in [0.25, 0.3) is 0 Å². The predicted octanol–water partition coefficient (Wildman–Crippen LogP) is 1.58. The molecule has 0 bridgehead atoms. The molecule has 0 spiro atoms. The number of rotatable bonds is 4. The minimum atomic E-state index is -0.590. The highest BCUT2D eigenvalue weighted by molar-refractivity contribution is 5.34. The van der Waals surface area contributed by atoms with Gasteiger partial charge in [-0.05, 0) is 32.0 Å². The van der Waals surface area contributed by atoms with E-state index in [0.29, 0.717) is 18.2 Å². The monoisotopic (exact) mass is 253 g/mol. The number of hydrogen-bond acceptors (Lipinski definition) is 4. The summed E-state index contributed by atoms with van der Waals surface area (Å²) in [6.45, 7) is 2.36. The van der Waals surface area contributed by atoms with E-state index >= 15 is 0 Å². The van der Waals surface area contributed by atoms with Crippen LogP contribution in [0.4, 0.5) is 10.1 Å². The van der Waals surface area contributed by atoms with Crippen LogP contribution in [-0.2, 0) is 6.54 Å². The Labute approximate surface area is 105 Å². The molecule has 2 rings (SSSR count).